The lowest BCUT2D eigenvalue weighted by Crippen LogP contribution is -2.55. The quantitative estimate of drug-likeness (QED) is 0.402. The summed E-state index contributed by atoms with van der Waals surface area (Å²) in [5.74, 6) is -1.34. The van der Waals surface area contributed by atoms with E-state index in [1.807, 2.05) is 0 Å². The third-order valence-corrected chi connectivity index (χ3v) is 5.83. The van der Waals surface area contributed by atoms with E-state index in [1.165, 1.54) is 15.9 Å². The lowest BCUT2D eigenvalue weighted by atomic mass is 10.1. The first-order chi connectivity index (χ1) is 16.7. The summed E-state index contributed by atoms with van der Waals surface area (Å²) >= 11 is 0. The molecule has 11 heteroatoms. The van der Waals surface area contributed by atoms with Gasteiger partial charge in [-0.25, -0.2) is 0 Å². The van der Waals surface area contributed by atoms with E-state index in [-0.39, 0.29) is 37.2 Å². The molecule has 2 aliphatic heterocycles. The fourth-order valence-corrected chi connectivity index (χ4v) is 3.92. The van der Waals surface area contributed by atoms with Crippen LogP contribution in [0.1, 0.15) is 16.7 Å². The van der Waals surface area contributed by atoms with E-state index in [0.717, 1.165) is 5.56 Å². The molecule has 5 N–H and O–H groups in total. The first-order valence-electron chi connectivity index (χ1n) is 11.0. The number of likely N-dealkylation sites (N-methyl/N-ethyl adjacent to an activating group) is 1. The van der Waals surface area contributed by atoms with E-state index in [4.69, 9.17) is 15.6 Å². The van der Waals surface area contributed by atoms with Crippen LogP contribution in [0, 0.1) is 10.8 Å². The molecule has 1 fully saturated rings. The van der Waals surface area contributed by atoms with Crippen LogP contribution in [0.5, 0.6) is 0 Å². The first kappa shape index (κ1) is 24.0. The smallest absolute Gasteiger partial charge is 0.259 e. The molecule has 3 amide bonds. The third kappa shape index (κ3) is 4.91. The Balaban J connectivity index is 1.46. The van der Waals surface area contributed by atoms with E-state index in [2.05, 4.69) is 10.6 Å². The SMILES string of the molecule is CN(C)C(=O)Cc1cccc(N2CCO[C@H]([C@@H](O)C(=O)Nc3ccc4c(c3)C(=N)NC4=N)C2=O)c1. The number of benzene rings is 2. The van der Waals surface area contributed by atoms with Crippen molar-refractivity contribution in [1.29, 1.82) is 10.8 Å². The molecule has 182 valence electrons. The highest BCUT2D eigenvalue weighted by atomic mass is 16.5. The summed E-state index contributed by atoms with van der Waals surface area (Å²) < 4.78 is 5.46. The van der Waals surface area contributed by atoms with Crippen LogP contribution in [-0.2, 0) is 25.5 Å². The van der Waals surface area contributed by atoms with Gasteiger partial charge >= 0.3 is 0 Å². The summed E-state index contributed by atoms with van der Waals surface area (Å²) in [4.78, 5) is 40.8. The molecule has 2 aromatic carbocycles. The minimum absolute atomic E-state index is 0.0394. The Morgan fingerprint density at radius 2 is 1.94 bits per heavy atom. The average Bonchev–Trinajstić information content (AvgIpc) is 3.11. The number of hydrogen-bond acceptors (Lipinski definition) is 7. The van der Waals surface area contributed by atoms with Gasteiger partial charge in [0.25, 0.3) is 11.8 Å². The van der Waals surface area contributed by atoms with Gasteiger partial charge in [-0.15, -0.1) is 0 Å². The number of aliphatic hydroxyl groups is 1. The minimum atomic E-state index is -1.77. The van der Waals surface area contributed by atoms with Gasteiger partial charge in [-0.2, -0.15) is 0 Å². The highest BCUT2D eigenvalue weighted by molar-refractivity contribution is 6.23. The highest BCUT2D eigenvalue weighted by Gasteiger charge is 2.39. The number of rotatable bonds is 6. The van der Waals surface area contributed by atoms with Gasteiger partial charge < -0.3 is 30.3 Å². The molecule has 2 atom stereocenters. The van der Waals surface area contributed by atoms with Crippen molar-refractivity contribution in [3.05, 3.63) is 59.2 Å². The van der Waals surface area contributed by atoms with E-state index >= 15 is 0 Å². The number of hydrogen-bond donors (Lipinski definition) is 5. The zero-order valence-electron chi connectivity index (χ0n) is 19.3. The van der Waals surface area contributed by atoms with Gasteiger partial charge in [0.05, 0.1) is 13.0 Å². The molecular formula is C24H26N6O5. The summed E-state index contributed by atoms with van der Waals surface area (Å²) in [6, 6.07) is 11.7. The fraction of sp³-hybridized carbons (Fsp3) is 0.292. The van der Waals surface area contributed by atoms with Gasteiger partial charge in [-0.1, -0.05) is 12.1 Å². The van der Waals surface area contributed by atoms with Crippen LogP contribution in [0.4, 0.5) is 11.4 Å². The Labute approximate surface area is 201 Å². The zero-order chi connectivity index (χ0) is 25.3. The van der Waals surface area contributed by atoms with Crippen LogP contribution < -0.4 is 15.5 Å². The molecule has 2 aromatic rings. The van der Waals surface area contributed by atoms with Crippen molar-refractivity contribution >= 4 is 40.8 Å². The van der Waals surface area contributed by atoms with E-state index < -0.39 is 24.0 Å². The number of ether oxygens (including phenoxy) is 1. The molecule has 0 bridgehead atoms. The minimum Gasteiger partial charge on any atom is -0.380 e. The lowest BCUT2D eigenvalue weighted by Gasteiger charge is -2.34. The van der Waals surface area contributed by atoms with Gasteiger partial charge in [0.2, 0.25) is 5.91 Å². The molecule has 1 saturated heterocycles. The van der Waals surface area contributed by atoms with Gasteiger partial charge in [0.1, 0.15) is 11.7 Å². The third-order valence-electron chi connectivity index (χ3n) is 5.83. The fourth-order valence-electron chi connectivity index (χ4n) is 3.92. The van der Waals surface area contributed by atoms with Crippen molar-refractivity contribution in [3.63, 3.8) is 0 Å². The van der Waals surface area contributed by atoms with Crippen molar-refractivity contribution in [2.45, 2.75) is 18.6 Å². The van der Waals surface area contributed by atoms with Crippen molar-refractivity contribution in [1.82, 2.24) is 10.2 Å². The second-order valence-corrected chi connectivity index (χ2v) is 8.49. The molecule has 0 unspecified atom stereocenters. The van der Waals surface area contributed by atoms with E-state index in [0.29, 0.717) is 22.5 Å². The largest absolute Gasteiger partial charge is 0.380 e. The summed E-state index contributed by atoms with van der Waals surface area (Å²) in [6.07, 6.45) is -2.99. The molecule has 2 aliphatic rings. The number of anilines is 2. The average molecular weight is 479 g/mol. The first-order valence-corrected chi connectivity index (χ1v) is 11.0. The van der Waals surface area contributed by atoms with Gasteiger partial charge in [-0.05, 0) is 35.9 Å². The zero-order valence-corrected chi connectivity index (χ0v) is 19.3. The van der Waals surface area contributed by atoms with E-state index in [9.17, 15) is 19.5 Å². The number of morpholine rings is 1. The lowest BCUT2D eigenvalue weighted by molar-refractivity contribution is -0.150. The standard InChI is InChI=1S/C24H26N6O5/c1-29(2)18(31)11-13-4-3-5-15(10-13)30-8-9-35-20(24(30)34)19(32)23(33)27-14-6-7-16-17(12-14)22(26)28-21(16)25/h3-7,10,12,19-20,32H,8-9,11H2,1-2H3,(H,27,33)(H3,25,26,28)/t19-,20-/m1/s1. The topological polar surface area (TPSA) is 159 Å². The molecule has 0 radical (unpaired) electrons. The van der Waals surface area contributed by atoms with Crippen LogP contribution in [-0.4, -0.2) is 78.9 Å². The number of nitrogens with zero attached hydrogens (tertiary/aromatic N) is 2. The van der Waals surface area contributed by atoms with Gasteiger partial charge in [-0.3, -0.25) is 25.2 Å². The summed E-state index contributed by atoms with van der Waals surface area (Å²) in [5, 5.41) is 31.5. The molecule has 0 aliphatic carbocycles. The number of carbonyl (C=O) groups excluding carboxylic acids is 3. The van der Waals surface area contributed by atoms with Crippen molar-refractivity contribution in [3.8, 4) is 0 Å². The summed E-state index contributed by atoms with van der Waals surface area (Å²) in [7, 11) is 3.34. The number of aliphatic hydroxyl groups excluding tert-OH is 1. The monoisotopic (exact) mass is 478 g/mol. The molecule has 35 heavy (non-hydrogen) atoms. The molecule has 4 rings (SSSR count). The Morgan fingerprint density at radius 1 is 1.20 bits per heavy atom. The number of carbonyl (C=O) groups is 3. The summed E-state index contributed by atoms with van der Waals surface area (Å²) in [6.45, 7) is 0.353. The predicted octanol–water partition coefficient (Wildman–Crippen LogP) is 0.303. The highest BCUT2D eigenvalue weighted by Crippen LogP contribution is 2.24. The van der Waals surface area contributed by atoms with Crippen LogP contribution in [0.25, 0.3) is 0 Å². The number of amidine groups is 2. The maximum absolute atomic E-state index is 13.1. The Morgan fingerprint density at radius 3 is 2.69 bits per heavy atom. The Hall–Kier alpha value is -4.09. The maximum Gasteiger partial charge on any atom is 0.259 e. The number of amides is 3. The predicted molar refractivity (Wildman–Crippen MR) is 129 cm³/mol. The van der Waals surface area contributed by atoms with Crippen molar-refractivity contribution < 1.29 is 24.2 Å². The van der Waals surface area contributed by atoms with Crippen LogP contribution in [0.2, 0.25) is 0 Å². The second kappa shape index (κ2) is 9.65. The van der Waals surface area contributed by atoms with Crippen molar-refractivity contribution in [2.75, 3.05) is 37.5 Å². The van der Waals surface area contributed by atoms with Crippen LogP contribution in [0.3, 0.4) is 0 Å². The molecule has 0 spiro atoms. The molecule has 2 heterocycles. The molecule has 11 nitrogen and oxygen atoms in total. The number of fused-ring (bicyclic) bond motifs is 1. The van der Waals surface area contributed by atoms with Crippen LogP contribution >= 0.6 is 0 Å². The molecule has 0 aromatic heterocycles. The normalized spacial score (nSPS) is 18.1. The summed E-state index contributed by atoms with van der Waals surface area (Å²) in [5.41, 5.74) is 2.58. The van der Waals surface area contributed by atoms with Crippen LogP contribution in [0.15, 0.2) is 42.5 Å². The molecule has 0 saturated carbocycles. The van der Waals surface area contributed by atoms with Gasteiger partial charge in [0, 0.05) is 43.1 Å². The van der Waals surface area contributed by atoms with Gasteiger partial charge in [0.15, 0.2) is 12.2 Å². The van der Waals surface area contributed by atoms with Crippen molar-refractivity contribution in [2.24, 2.45) is 0 Å². The van der Waals surface area contributed by atoms with E-state index in [1.54, 1.807) is 50.5 Å². The number of nitrogens with one attached hydrogen (secondary N) is 4. The maximum atomic E-state index is 13.1. The Bertz CT molecular complexity index is 1230. The second-order valence-electron chi connectivity index (χ2n) is 8.49. The Kier molecular flexibility index (Phi) is 6.63. The molecular weight excluding hydrogens is 452 g/mol.